The van der Waals surface area contributed by atoms with Gasteiger partial charge in [-0.3, -0.25) is 0 Å². The maximum atomic E-state index is 5.36. The number of halogens is 1. The minimum absolute atomic E-state index is 0.314. The molecular formula is C15H17IN2O. The molecule has 0 bridgehead atoms. The van der Waals surface area contributed by atoms with E-state index in [1.54, 1.807) is 0 Å². The number of aromatic nitrogens is 1. The summed E-state index contributed by atoms with van der Waals surface area (Å²) in [6, 6.07) is 10.9. The van der Waals surface area contributed by atoms with Gasteiger partial charge >= 0.3 is 0 Å². The third-order valence-corrected chi connectivity index (χ3v) is 4.50. The van der Waals surface area contributed by atoms with Gasteiger partial charge in [0.15, 0.2) is 0 Å². The molecule has 1 aliphatic carbocycles. The van der Waals surface area contributed by atoms with Gasteiger partial charge in [-0.05, 0) is 54.0 Å². The van der Waals surface area contributed by atoms with E-state index in [1.165, 1.54) is 22.0 Å². The summed E-state index contributed by atoms with van der Waals surface area (Å²) in [7, 11) is 0. The molecule has 3 nitrogen and oxygen atoms in total. The topological polar surface area (TPSA) is 38.1 Å². The second kappa shape index (κ2) is 5.63. The van der Waals surface area contributed by atoms with Crippen molar-refractivity contribution in [3.63, 3.8) is 0 Å². The van der Waals surface area contributed by atoms with Crippen molar-refractivity contribution in [2.75, 3.05) is 0 Å². The van der Waals surface area contributed by atoms with Crippen LogP contribution in [0, 0.1) is 3.57 Å². The fourth-order valence-electron chi connectivity index (χ4n) is 2.17. The van der Waals surface area contributed by atoms with E-state index >= 15 is 0 Å². The first-order valence-electron chi connectivity index (χ1n) is 6.67. The molecule has 0 saturated heterocycles. The highest BCUT2D eigenvalue weighted by Gasteiger charge is 2.27. The predicted molar refractivity (Wildman–Crippen MR) is 82.9 cm³/mol. The minimum Gasteiger partial charge on any atom is -0.361 e. The third-order valence-electron chi connectivity index (χ3n) is 3.52. The van der Waals surface area contributed by atoms with Crippen LogP contribution in [0.2, 0.25) is 0 Å². The molecule has 0 aliphatic heterocycles. The van der Waals surface area contributed by atoms with Gasteiger partial charge in [-0.1, -0.05) is 23.4 Å². The zero-order valence-electron chi connectivity index (χ0n) is 10.9. The van der Waals surface area contributed by atoms with Gasteiger partial charge < -0.3 is 9.84 Å². The van der Waals surface area contributed by atoms with Crippen LogP contribution >= 0.6 is 22.6 Å². The molecule has 1 aromatic carbocycles. The predicted octanol–water partition coefficient (Wildman–Crippen LogP) is 4.01. The van der Waals surface area contributed by atoms with Crippen molar-refractivity contribution in [2.24, 2.45) is 0 Å². The van der Waals surface area contributed by atoms with E-state index in [1.807, 2.05) is 0 Å². The molecule has 0 amide bonds. The highest BCUT2D eigenvalue weighted by Crippen LogP contribution is 2.40. The third kappa shape index (κ3) is 3.17. The molecule has 1 atom stereocenters. The molecule has 19 heavy (non-hydrogen) atoms. The van der Waals surface area contributed by atoms with Crippen molar-refractivity contribution in [1.82, 2.24) is 10.5 Å². The molecule has 1 N–H and O–H groups in total. The van der Waals surface area contributed by atoms with Crippen molar-refractivity contribution in [1.29, 1.82) is 0 Å². The molecule has 0 radical (unpaired) electrons. The maximum absolute atomic E-state index is 5.36. The van der Waals surface area contributed by atoms with E-state index in [4.69, 9.17) is 4.52 Å². The molecule has 1 unspecified atom stereocenters. The molecule has 1 saturated carbocycles. The van der Waals surface area contributed by atoms with E-state index in [2.05, 4.69) is 70.3 Å². The molecule has 3 rings (SSSR count). The Kier molecular flexibility index (Phi) is 3.88. The Balaban J connectivity index is 1.60. The molecule has 100 valence electrons. The number of rotatable bonds is 5. The van der Waals surface area contributed by atoms with Crippen LogP contribution in [-0.4, -0.2) is 5.16 Å². The number of nitrogens with zero attached hydrogens (tertiary/aromatic N) is 1. The van der Waals surface area contributed by atoms with Crippen molar-refractivity contribution in [3.05, 3.63) is 50.9 Å². The first-order valence-corrected chi connectivity index (χ1v) is 7.75. The fraction of sp³-hybridized carbons (Fsp3) is 0.400. The Morgan fingerprint density at radius 2 is 2.21 bits per heavy atom. The van der Waals surface area contributed by atoms with Gasteiger partial charge in [0.1, 0.15) is 5.76 Å². The summed E-state index contributed by atoms with van der Waals surface area (Å²) in [5.74, 6) is 1.69. The van der Waals surface area contributed by atoms with Crippen LogP contribution in [0.3, 0.4) is 0 Å². The average Bonchev–Trinajstić information content (AvgIpc) is 3.16. The Morgan fingerprint density at radius 1 is 1.42 bits per heavy atom. The Morgan fingerprint density at radius 3 is 2.95 bits per heavy atom. The smallest absolute Gasteiger partial charge is 0.140 e. The second-order valence-electron chi connectivity index (χ2n) is 5.12. The van der Waals surface area contributed by atoms with Gasteiger partial charge in [-0.2, -0.15) is 0 Å². The number of nitrogens with one attached hydrogen (secondary N) is 1. The normalized spacial score (nSPS) is 16.5. The van der Waals surface area contributed by atoms with Gasteiger partial charge in [0.25, 0.3) is 0 Å². The second-order valence-corrected chi connectivity index (χ2v) is 6.28. The summed E-state index contributed by atoms with van der Waals surface area (Å²) >= 11 is 2.38. The highest BCUT2D eigenvalue weighted by atomic mass is 127. The van der Waals surface area contributed by atoms with Crippen LogP contribution in [0.1, 0.15) is 48.7 Å². The molecule has 2 aromatic rings. The summed E-state index contributed by atoms with van der Waals surface area (Å²) in [5.41, 5.74) is 2.33. The Labute approximate surface area is 126 Å². The van der Waals surface area contributed by atoms with E-state index in [-0.39, 0.29) is 0 Å². The van der Waals surface area contributed by atoms with Gasteiger partial charge in [0, 0.05) is 28.1 Å². The van der Waals surface area contributed by atoms with Crippen LogP contribution in [-0.2, 0) is 6.54 Å². The van der Waals surface area contributed by atoms with Crippen molar-refractivity contribution >= 4 is 22.6 Å². The monoisotopic (exact) mass is 368 g/mol. The molecule has 4 heteroatoms. The highest BCUT2D eigenvalue weighted by molar-refractivity contribution is 14.1. The van der Waals surface area contributed by atoms with Gasteiger partial charge in [-0.25, -0.2) is 0 Å². The van der Waals surface area contributed by atoms with Crippen LogP contribution in [0.4, 0.5) is 0 Å². The number of hydrogen-bond acceptors (Lipinski definition) is 3. The Hall–Kier alpha value is -0.880. The Bertz CT molecular complexity index is 563. The van der Waals surface area contributed by atoms with Crippen LogP contribution < -0.4 is 5.32 Å². The largest absolute Gasteiger partial charge is 0.361 e. The van der Waals surface area contributed by atoms with Crippen molar-refractivity contribution < 1.29 is 4.52 Å². The zero-order chi connectivity index (χ0) is 13.2. The van der Waals surface area contributed by atoms with E-state index < -0.39 is 0 Å². The van der Waals surface area contributed by atoms with Crippen LogP contribution in [0.15, 0.2) is 34.9 Å². The molecule has 1 aromatic heterocycles. The lowest BCUT2D eigenvalue weighted by atomic mass is 10.1. The zero-order valence-corrected chi connectivity index (χ0v) is 13.1. The van der Waals surface area contributed by atoms with Crippen LogP contribution in [0.25, 0.3) is 0 Å². The van der Waals surface area contributed by atoms with Gasteiger partial charge in [0.2, 0.25) is 0 Å². The van der Waals surface area contributed by atoms with Crippen LogP contribution in [0.5, 0.6) is 0 Å². The molecule has 0 spiro atoms. The number of hydrogen-bond donors (Lipinski definition) is 1. The lowest BCUT2D eigenvalue weighted by Gasteiger charge is -2.14. The first-order chi connectivity index (χ1) is 9.24. The number of benzene rings is 1. The van der Waals surface area contributed by atoms with Gasteiger partial charge in [0.05, 0.1) is 5.69 Å². The summed E-state index contributed by atoms with van der Waals surface area (Å²) < 4.78 is 6.65. The van der Waals surface area contributed by atoms with E-state index in [0.717, 1.165) is 18.0 Å². The van der Waals surface area contributed by atoms with E-state index in [9.17, 15) is 0 Å². The summed E-state index contributed by atoms with van der Waals surface area (Å²) in [6.07, 6.45) is 2.50. The molecular weight excluding hydrogens is 351 g/mol. The minimum atomic E-state index is 0.314. The van der Waals surface area contributed by atoms with Crippen molar-refractivity contribution in [3.8, 4) is 0 Å². The standard InChI is InChI=1S/C15H17IN2O/c1-10(13-4-2-3-5-14(13)16)17-9-12-8-15(19-18-12)11-6-7-11/h2-5,8,10-11,17H,6-7,9H2,1H3. The average molecular weight is 368 g/mol. The lowest BCUT2D eigenvalue weighted by Crippen LogP contribution is -2.19. The molecule has 1 fully saturated rings. The lowest BCUT2D eigenvalue weighted by molar-refractivity contribution is 0.374. The summed E-state index contributed by atoms with van der Waals surface area (Å²) in [5, 5.41) is 7.63. The van der Waals surface area contributed by atoms with E-state index in [0.29, 0.717) is 12.0 Å². The SMILES string of the molecule is CC(NCc1cc(C2CC2)on1)c1ccccc1I. The fourth-order valence-corrected chi connectivity index (χ4v) is 3.02. The summed E-state index contributed by atoms with van der Waals surface area (Å²) in [4.78, 5) is 0. The summed E-state index contributed by atoms with van der Waals surface area (Å²) in [6.45, 7) is 2.93. The molecule has 1 heterocycles. The molecule has 1 aliphatic rings. The quantitative estimate of drug-likeness (QED) is 0.811. The van der Waals surface area contributed by atoms with Gasteiger partial charge in [-0.15, -0.1) is 0 Å². The first kappa shape index (κ1) is 13.1. The van der Waals surface area contributed by atoms with Crippen molar-refractivity contribution in [2.45, 2.75) is 38.3 Å². The maximum Gasteiger partial charge on any atom is 0.140 e.